The van der Waals surface area contributed by atoms with Crippen LogP contribution in [0.15, 0.2) is 65.8 Å². The van der Waals surface area contributed by atoms with Crippen LogP contribution < -0.4 is 0 Å². The molecule has 0 unspecified atom stereocenters. The van der Waals surface area contributed by atoms with Crippen LogP contribution in [0.2, 0.25) is 0 Å². The number of hydrogen-bond donors (Lipinski definition) is 3. The van der Waals surface area contributed by atoms with E-state index in [1.807, 2.05) is 30.0 Å². The summed E-state index contributed by atoms with van der Waals surface area (Å²) >= 11 is 0. The summed E-state index contributed by atoms with van der Waals surface area (Å²) in [5, 5.41) is 31.9. The van der Waals surface area contributed by atoms with Crippen molar-refractivity contribution in [1.29, 1.82) is 0 Å². The fraction of sp³-hybridized carbons (Fsp3) is 0.649. The number of amides is 1. The van der Waals surface area contributed by atoms with Crippen LogP contribution >= 0.6 is 0 Å². The van der Waals surface area contributed by atoms with Gasteiger partial charge in [-0.05, 0) is 97.7 Å². The Morgan fingerprint density at radius 2 is 1.93 bits per heavy atom. The number of benzene rings is 1. The van der Waals surface area contributed by atoms with Gasteiger partial charge in [0.25, 0.3) is 5.91 Å². The molecule has 1 aromatic carbocycles. The van der Waals surface area contributed by atoms with Crippen molar-refractivity contribution in [3.8, 4) is 0 Å². The number of fused-ring (bicyclic) bond motifs is 1. The molecule has 3 aliphatic carbocycles. The highest BCUT2D eigenvalue weighted by molar-refractivity contribution is 5.87. The summed E-state index contributed by atoms with van der Waals surface area (Å²) in [7, 11) is 0. The quantitative estimate of drug-likeness (QED) is 0.313. The largest absolute Gasteiger partial charge is 0.393 e. The summed E-state index contributed by atoms with van der Waals surface area (Å²) in [6.07, 6.45) is 13.7. The van der Waals surface area contributed by atoms with E-state index < -0.39 is 17.8 Å². The first-order valence-corrected chi connectivity index (χ1v) is 16.6. The summed E-state index contributed by atoms with van der Waals surface area (Å²) in [5.41, 5.74) is 3.46. The topological polar surface area (TPSA) is 81.0 Å². The third kappa shape index (κ3) is 6.21. The summed E-state index contributed by atoms with van der Waals surface area (Å²) in [4.78, 5) is 15.6. The molecule has 5 heteroatoms. The molecule has 1 saturated heterocycles. The van der Waals surface area contributed by atoms with Crippen LogP contribution in [0.1, 0.15) is 97.0 Å². The molecular formula is C37H53NO4. The number of aliphatic hydroxyl groups excluding tert-OH is 2. The average Bonchev–Trinajstić information content (AvgIpc) is 3.42. The molecule has 230 valence electrons. The predicted molar refractivity (Wildman–Crippen MR) is 169 cm³/mol. The summed E-state index contributed by atoms with van der Waals surface area (Å²) in [6.45, 7) is 11.7. The van der Waals surface area contributed by atoms with Gasteiger partial charge in [0.1, 0.15) is 5.60 Å². The molecule has 3 saturated carbocycles. The van der Waals surface area contributed by atoms with Crippen LogP contribution in [0.25, 0.3) is 0 Å². The zero-order valence-electron chi connectivity index (χ0n) is 26.1. The fourth-order valence-corrected chi connectivity index (χ4v) is 9.30. The molecule has 1 heterocycles. The van der Waals surface area contributed by atoms with Gasteiger partial charge in [-0.15, -0.1) is 0 Å². The van der Waals surface area contributed by atoms with Crippen molar-refractivity contribution < 1.29 is 20.1 Å². The predicted octanol–water partition coefficient (Wildman–Crippen LogP) is 6.53. The van der Waals surface area contributed by atoms with Gasteiger partial charge >= 0.3 is 0 Å². The van der Waals surface area contributed by atoms with Gasteiger partial charge in [0.05, 0.1) is 12.2 Å². The molecule has 0 spiro atoms. The number of likely N-dealkylation sites (tertiary alicyclic amines) is 1. The van der Waals surface area contributed by atoms with Gasteiger partial charge in [-0.2, -0.15) is 0 Å². The number of aliphatic hydroxyl groups is 3. The summed E-state index contributed by atoms with van der Waals surface area (Å²) in [6, 6.07) is 10.4. The van der Waals surface area contributed by atoms with Crippen LogP contribution in [-0.4, -0.2) is 56.5 Å². The third-order valence-electron chi connectivity index (χ3n) is 11.5. The number of carbonyl (C=O) groups is 1. The van der Waals surface area contributed by atoms with Crippen molar-refractivity contribution in [3.05, 3.63) is 71.3 Å². The second-order valence-electron chi connectivity index (χ2n) is 14.3. The lowest BCUT2D eigenvalue weighted by Crippen LogP contribution is -2.42. The molecular weight excluding hydrogens is 522 g/mol. The number of rotatable bonds is 9. The molecule has 1 aromatic rings. The highest BCUT2D eigenvalue weighted by atomic mass is 16.3. The normalized spacial score (nSPS) is 38.0. The Hall–Kier alpha value is -2.21. The molecule has 0 bridgehead atoms. The number of carbonyl (C=O) groups excluding carboxylic acids is 1. The molecule has 4 aliphatic rings. The van der Waals surface area contributed by atoms with E-state index in [9.17, 15) is 20.1 Å². The Bertz CT molecular complexity index is 1190. The smallest absolute Gasteiger partial charge is 0.254 e. The van der Waals surface area contributed by atoms with Gasteiger partial charge in [0, 0.05) is 25.4 Å². The van der Waals surface area contributed by atoms with Gasteiger partial charge in [0.2, 0.25) is 0 Å². The van der Waals surface area contributed by atoms with Crippen molar-refractivity contribution in [2.24, 2.45) is 23.2 Å². The Balaban J connectivity index is 1.30. The molecule has 0 aromatic heterocycles. The molecule has 1 amide bonds. The first-order valence-electron chi connectivity index (χ1n) is 16.6. The van der Waals surface area contributed by atoms with Gasteiger partial charge in [-0.3, -0.25) is 4.79 Å². The highest BCUT2D eigenvalue weighted by Crippen LogP contribution is 2.60. The maximum absolute atomic E-state index is 13.6. The monoisotopic (exact) mass is 575 g/mol. The number of hydrogen-bond acceptors (Lipinski definition) is 4. The minimum Gasteiger partial charge on any atom is -0.393 e. The van der Waals surface area contributed by atoms with E-state index in [4.69, 9.17) is 0 Å². The Kier molecular flexibility index (Phi) is 9.51. The third-order valence-corrected chi connectivity index (χ3v) is 11.5. The van der Waals surface area contributed by atoms with Gasteiger partial charge in [0.15, 0.2) is 0 Å². The van der Waals surface area contributed by atoms with Crippen LogP contribution in [0, 0.1) is 23.2 Å². The molecule has 0 radical (unpaired) electrons. The van der Waals surface area contributed by atoms with Gasteiger partial charge in [-0.1, -0.05) is 81.8 Å². The minimum absolute atomic E-state index is 0.0662. The lowest BCUT2D eigenvalue weighted by molar-refractivity contribution is -0.144. The molecule has 4 fully saturated rings. The van der Waals surface area contributed by atoms with E-state index in [1.54, 1.807) is 0 Å². The van der Waals surface area contributed by atoms with E-state index in [0.29, 0.717) is 50.0 Å². The van der Waals surface area contributed by atoms with Crippen LogP contribution in [0.3, 0.4) is 0 Å². The second kappa shape index (κ2) is 12.8. The second-order valence-corrected chi connectivity index (χ2v) is 14.3. The van der Waals surface area contributed by atoms with Gasteiger partial charge < -0.3 is 20.2 Å². The maximum atomic E-state index is 13.6. The Labute approximate surface area is 253 Å². The van der Waals surface area contributed by atoms with Crippen LogP contribution in [0.5, 0.6) is 0 Å². The molecule has 3 N–H and O–H groups in total. The first kappa shape index (κ1) is 31.2. The summed E-state index contributed by atoms with van der Waals surface area (Å²) in [5.74, 6) is 1.52. The van der Waals surface area contributed by atoms with E-state index in [1.165, 1.54) is 36.8 Å². The van der Waals surface area contributed by atoms with E-state index in [0.717, 1.165) is 36.8 Å². The molecule has 5 rings (SSSR count). The Morgan fingerprint density at radius 1 is 1.17 bits per heavy atom. The lowest BCUT2D eigenvalue weighted by atomic mass is 9.60. The highest BCUT2D eigenvalue weighted by Gasteiger charge is 2.53. The van der Waals surface area contributed by atoms with Crippen molar-refractivity contribution >= 4 is 5.91 Å². The molecule has 42 heavy (non-hydrogen) atoms. The number of allylic oxidation sites excluding steroid dienone is 3. The van der Waals surface area contributed by atoms with Crippen molar-refractivity contribution in [3.63, 3.8) is 0 Å². The average molecular weight is 576 g/mol. The molecule has 8 atom stereocenters. The van der Waals surface area contributed by atoms with E-state index in [2.05, 4.69) is 44.7 Å². The van der Waals surface area contributed by atoms with Crippen LogP contribution in [0.4, 0.5) is 0 Å². The number of nitrogens with zero attached hydrogens (tertiary/aromatic N) is 1. The van der Waals surface area contributed by atoms with Crippen molar-refractivity contribution in [2.75, 3.05) is 6.54 Å². The van der Waals surface area contributed by atoms with E-state index >= 15 is 0 Å². The minimum atomic E-state index is -1.23. The van der Waals surface area contributed by atoms with Gasteiger partial charge in [-0.25, -0.2) is 0 Å². The first-order chi connectivity index (χ1) is 20.1. The maximum Gasteiger partial charge on any atom is 0.254 e. The fourth-order valence-electron chi connectivity index (χ4n) is 9.30. The van der Waals surface area contributed by atoms with Crippen molar-refractivity contribution in [2.45, 2.75) is 122 Å². The van der Waals surface area contributed by atoms with E-state index in [-0.39, 0.29) is 17.4 Å². The summed E-state index contributed by atoms with van der Waals surface area (Å²) < 4.78 is 0. The standard InChI is InChI=1S/C37H53NO4/c1-5-18-37(42)24-30(38(35(37)41)20-17-27-10-7-6-8-11-27)21-25(2)32-15-16-33-28(12-9-19-36(32,33)4)13-14-29-22-31(39)23-34(40)26(29)3/h6-8,10-11,13-14,25,30-34,39-40,42H,3,5,9,12,15-24H2,1-2,4H3/b28-13+,29-14-/t25-,30+,31-,32-,33+,34+,36-,37+/m1/s1. The van der Waals surface area contributed by atoms with Crippen LogP contribution in [-0.2, 0) is 11.2 Å². The Morgan fingerprint density at radius 3 is 2.67 bits per heavy atom. The molecule has 1 aliphatic heterocycles. The SMILES string of the molecule is C=C1/C(=C\C=C2/CCC[C@]3(C)[C@@H]([C@H](C)C[C@H]4C[C@@](O)(CCC)C(=O)N4CCc4ccccc4)CC[C@@H]23)C[C@@H](O)C[C@@H]1O. The zero-order chi connectivity index (χ0) is 30.1. The lowest BCUT2D eigenvalue weighted by Gasteiger charge is -2.45. The molecule has 5 nitrogen and oxygen atoms in total. The van der Waals surface area contributed by atoms with Crippen molar-refractivity contribution in [1.82, 2.24) is 4.90 Å². The zero-order valence-corrected chi connectivity index (χ0v) is 26.1.